The molecule has 0 N–H and O–H groups in total. The first kappa shape index (κ1) is 9.39. The van der Waals surface area contributed by atoms with Gasteiger partial charge in [-0.1, -0.05) is 0 Å². The van der Waals surface area contributed by atoms with Crippen LogP contribution in [0.3, 0.4) is 0 Å². The van der Waals surface area contributed by atoms with E-state index < -0.39 is 6.43 Å². The molecule has 0 unspecified atom stereocenters. The van der Waals surface area contributed by atoms with Gasteiger partial charge in [0.1, 0.15) is 5.69 Å². The lowest BCUT2D eigenvalue weighted by atomic mass is 10.1. The van der Waals surface area contributed by atoms with Crippen LogP contribution in [0.15, 0.2) is 12.3 Å². The Morgan fingerprint density at radius 2 is 2.25 bits per heavy atom. The van der Waals surface area contributed by atoms with Gasteiger partial charge in [0.25, 0.3) is 6.43 Å². The van der Waals surface area contributed by atoms with Crippen LogP contribution in [0.1, 0.15) is 23.2 Å². The van der Waals surface area contributed by atoms with Gasteiger partial charge in [-0.2, -0.15) is 0 Å². The predicted octanol–water partition coefficient (Wildman–Crippen LogP) is 3.07. The Morgan fingerprint density at radius 3 is 2.67 bits per heavy atom. The van der Waals surface area contributed by atoms with E-state index in [0.717, 1.165) is 11.1 Å². The fourth-order valence-electron chi connectivity index (χ4n) is 0.865. The summed E-state index contributed by atoms with van der Waals surface area (Å²) in [6.45, 7) is 1.74. The molecule has 0 aliphatic rings. The maximum absolute atomic E-state index is 12.1. The van der Waals surface area contributed by atoms with E-state index in [1.165, 1.54) is 12.3 Å². The Bertz CT molecular complexity index is 276. The summed E-state index contributed by atoms with van der Waals surface area (Å²) >= 11 is 5.54. The standard InChI is InChI=1S/C8H8ClF2N/c1-5-2-7(8(10)11)12-4-6(5)3-9/h2,4,8H,3H2,1H3. The summed E-state index contributed by atoms with van der Waals surface area (Å²) in [5, 5.41) is 0. The third kappa shape index (κ3) is 1.91. The lowest BCUT2D eigenvalue weighted by molar-refractivity contribution is 0.146. The zero-order valence-corrected chi connectivity index (χ0v) is 7.28. The molecule has 0 saturated heterocycles. The molecule has 0 saturated carbocycles. The Labute approximate surface area is 74.4 Å². The van der Waals surface area contributed by atoms with Crippen molar-refractivity contribution in [2.45, 2.75) is 19.2 Å². The number of rotatable bonds is 2. The highest BCUT2D eigenvalue weighted by atomic mass is 35.5. The van der Waals surface area contributed by atoms with E-state index in [0.29, 0.717) is 5.88 Å². The van der Waals surface area contributed by atoms with Crippen molar-refractivity contribution in [3.63, 3.8) is 0 Å². The van der Waals surface area contributed by atoms with Crippen LogP contribution in [0.4, 0.5) is 8.78 Å². The number of hydrogen-bond donors (Lipinski definition) is 0. The number of alkyl halides is 3. The second-order valence-corrected chi connectivity index (χ2v) is 2.74. The Hall–Kier alpha value is -0.700. The summed E-state index contributed by atoms with van der Waals surface area (Å²) in [6, 6.07) is 1.36. The summed E-state index contributed by atoms with van der Waals surface area (Å²) in [5.74, 6) is 0.308. The summed E-state index contributed by atoms with van der Waals surface area (Å²) < 4.78 is 24.2. The normalized spacial score (nSPS) is 10.8. The van der Waals surface area contributed by atoms with Crippen LogP contribution in [0.5, 0.6) is 0 Å². The van der Waals surface area contributed by atoms with Crippen LogP contribution in [0.2, 0.25) is 0 Å². The molecule has 0 aromatic carbocycles. The minimum absolute atomic E-state index is 0.193. The van der Waals surface area contributed by atoms with Crippen LogP contribution in [-0.2, 0) is 5.88 Å². The smallest absolute Gasteiger partial charge is 0.255 e. The number of hydrogen-bond acceptors (Lipinski definition) is 1. The number of aromatic nitrogens is 1. The fourth-order valence-corrected chi connectivity index (χ4v) is 1.15. The summed E-state index contributed by atoms with van der Waals surface area (Å²) in [6.07, 6.45) is -1.11. The molecule has 0 amide bonds. The first-order valence-electron chi connectivity index (χ1n) is 3.44. The Balaban J connectivity index is 3.02. The number of aryl methyl sites for hydroxylation is 1. The van der Waals surface area contributed by atoms with Gasteiger partial charge in [-0.25, -0.2) is 8.78 Å². The molecular weight excluding hydrogens is 184 g/mol. The van der Waals surface area contributed by atoms with Gasteiger partial charge in [0, 0.05) is 12.1 Å². The second-order valence-electron chi connectivity index (χ2n) is 2.47. The Morgan fingerprint density at radius 1 is 1.58 bits per heavy atom. The van der Waals surface area contributed by atoms with E-state index in [-0.39, 0.29) is 5.69 Å². The van der Waals surface area contributed by atoms with Crippen molar-refractivity contribution >= 4 is 11.6 Å². The second kappa shape index (κ2) is 3.81. The van der Waals surface area contributed by atoms with Gasteiger partial charge in [-0.05, 0) is 24.1 Å². The monoisotopic (exact) mass is 191 g/mol. The van der Waals surface area contributed by atoms with E-state index in [1.54, 1.807) is 6.92 Å². The number of pyridine rings is 1. The molecule has 1 aromatic heterocycles. The van der Waals surface area contributed by atoms with E-state index >= 15 is 0 Å². The van der Waals surface area contributed by atoms with Crippen LogP contribution in [0.25, 0.3) is 0 Å². The van der Waals surface area contributed by atoms with Crippen molar-refractivity contribution in [1.82, 2.24) is 4.98 Å². The van der Waals surface area contributed by atoms with Crippen molar-refractivity contribution in [3.8, 4) is 0 Å². The van der Waals surface area contributed by atoms with Crippen LogP contribution in [-0.4, -0.2) is 4.98 Å². The first-order valence-corrected chi connectivity index (χ1v) is 3.98. The van der Waals surface area contributed by atoms with Crippen molar-refractivity contribution in [2.75, 3.05) is 0 Å². The van der Waals surface area contributed by atoms with Gasteiger partial charge in [0.2, 0.25) is 0 Å². The van der Waals surface area contributed by atoms with Crippen molar-refractivity contribution in [3.05, 3.63) is 29.1 Å². The lowest BCUT2D eigenvalue weighted by Gasteiger charge is -2.03. The van der Waals surface area contributed by atoms with Crippen molar-refractivity contribution in [1.29, 1.82) is 0 Å². The van der Waals surface area contributed by atoms with Crippen LogP contribution < -0.4 is 0 Å². The van der Waals surface area contributed by atoms with Crippen molar-refractivity contribution in [2.24, 2.45) is 0 Å². The van der Waals surface area contributed by atoms with Gasteiger partial charge in [0.15, 0.2) is 0 Å². The average Bonchev–Trinajstić information content (AvgIpc) is 2.04. The molecule has 0 spiro atoms. The maximum atomic E-state index is 12.1. The number of nitrogens with zero attached hydrogens (tertiary/aromatic N) is 1. The highest BCUT2D eigenvalue weighted by Gasteiger charge is 2.09. The molecule has 1 aromatic rings. The van der Waals surface area contributed by atoms with Gasteiger partial charge in [-0.15, -0.1) is 11.6 Å². The first-order chi connectivity index (χ1) is 5.65. The molecule has 0 radical (unpaired) electrons. The van der Waals surface area contributed by atoms with Crippen molar-refractivity contribution < 1.29 is 8.78 Å². The molecule has 0 atom stereocenters. The predicted molar refractivity (Wildman–Crippen MR) is 43.5 cm³/mol. The fraction of sp³-hybridized carbons (Fsp3) is 0.375. The van der Waals surface area contributed by atoms with E-state index in [1.807, 2.05) is 0 Å². The van der Waals surface area contributed by atoms with Gasteiger partial charge >= 0.3 is 0 Å². The molecule has 0 bridgehead atoms. The molecule has 0 fully saturated rings. The highest BCUT2D eigenvalue weighted by Crippen LogP contribution is 2.19. The van der Waals surface area contributed by atoms with Gasteiger partial charge < -0.3 is 0 Å². The van der Waals surface area contributed by atoms with Crippen LogP contribution in [0, 0.1) is 6.92 Å². The quantitative estimate of drug-likeness (QED) is 0.655. The molecule has 1 rings (SSSR count). The SMILES string of the molecule is Cc1cc(C(F)F)ncc1CCl. The minimum Gasteiger partial charge on any atom is -0.255 e. The largest absolute Gasteiger partial charge is 0.280 e. The van der Waals surface area contributed by atoms with Crippen LogP contribution >= 0.6 is 11.6 Å². The molecule has 12 heavy (non-hydrogen) atoms. The molecule has 4 heteroatoms. The minimum atomic E-state index is -2.51. The maximum Gasteiger partial charge on any atom is 0.280 e. The zero-order valence-electron chi connectivity index (χ0n) is 6.52. The third-order valence-electron chi connectivity index (χ3n) is 1.61. The highest BCUT2D eigenvalue weighted by molar-refractivity contribution is 6.17. The van der Waals surface area contributed by atoms with E-state index in [9.17, 15) is 8.78 Å². The third-order valence-corrected chi connectivity index (χ3v) is 1.90. The molecule has 1 nitrogen and oxygen atoms in total. The lowest BCUT2D eigenvalue weighted by Crippen LogP contribution is -1.94. The summed E-state index contributed by atoms with van der Waals surface area (Å²) in [7, 11) is 0. The van der Waals surface area contributed by atoms with E-state index in [4.69, 9.17) is 11.6 Å². The molecular formula is C8H8ClF2N. The topological polar surface area (TPSA) is 12.9 Å². The van der Waals surface area contributed by atoms with E-state index in [2.05, 4.69) is 4.98 Å². The molecule has 0 aliphatic carbocycles. The summed E-state index contributed by atoms with van der Waals surface area (Å²) in [5.41, 5.74) is 1.36. The Kier molecular flexibility index (Phi) is 2.98. The van der Waals surface area contributed by atoms with Gasteiger partial charge in [0.05, 0.1) is 0 Å². The average molecular weight is 192 g/mol. The number of halogens is 3. The summed E-state index contributed by atoms with van der Waals surface area (Å²) in [4.78, 5) is 3.58. The molecule has 66 valence electrons. The molecule has 0 aliphatic heterocycles. The molecule has 1 heterocycles. The van der Waals surface area contributed by atoms with Gasteiger partial charge in [-0.3, -0.25) is 4.98 Å². The zero-order chi connectivity index (χ0) is 9.14.